The summed E-state index contributed by atoms with van der Waals surface area (Å²) in [5.41, 5.74) is 4.49. The molecule has 7 nitrogen and oxygen atoms in total. The maximum atomic E-state index is 13.1. The Hall–Kier alpha value is -2.45. The number of aryl methyl sites for hydroxylation is 2. The number of benzene rings is 2. The Labute approximate surface area is 171 Å². The van der Waals surface area contributed by atoms with Crippen LogP contribution in [0, 0.1) is 19.8 Å². The number of aromatic nitrogens is 3. The second-order valence-electron chi connectivity index (χ2n) is 7.99. The molecule has 4 rings (SSSR count). The molecule has 0 amide bonds. The van der Waals surface area contributed by atoms with E-state index in [1.165, 1.54) is 4.85 Å². The number of nitrogens with zero attached hydrogens (tertiary/aromatic N) is 4. The second kappa shape index (κ2) is 7.76. The average Bonchev–Trinajstić information content (AvgIpc) is 3.08. The fourth-order valence-electron chi connectivity index (χ4n) is 3.94. The summed E-state index contributed by atoms with van der Waals surface area (Å²) in [4.78, 5) is 7.38. The molecular weight excluding hydrogens is 388 g/mol. The summed E-state index contributed by atoms with van der Waals surface area (Å²) >= 11 is 0. The molecule has 154 valence electrons. The van der Waals surface area contributed by atoms with E-state index in [0.29, 0.717) is 36.6 Å². The lowest BCUT2D eigenvalue weighted by molar-refractivity contribution is 0.0750. The first kappa shape index (κ1) is 19.8. The Balaban J connectivity index is 1.60. The normalized spacial score (nSPS) is 18.2. The van der Waals surface area contributed by atoms with Gasteiger partial charge in [-0.2, -0.15) is 4.31 Å². The Morgan fingerprint density at radius 3 is 2.62 bits per heavy atom. The third kappa shape index (κ3) is 4.13. The molecule has 1 atom stereocenters. The molecular formula is C21H26N4O3S. The maximum absolute atomic E-state index is 13.1. The molecule has 1 fully saturated rings. The largest absolute Gasteiger partial charge is 0.390 e. The van der Waals surface area contributed by atoms with Crippen molar-refractivity contribution >= 4 is 21.1 Å². The molecule has 2 aromatic carbocycles. The molecule has 1 aliphatic rings. The zero-order valence-electron chi connectivity index (χ0n) is 17.0. The zero-order valence-corrected chi connectivity index (χ0v) is 17.8. The molecule has 0 bridgehead atoms. The van der Waals surface area contributed by atoms with E-state index in [1.54, 1.807) is 22.5 Å². The highest BCUT2D eigenvalue weighted by Gasteiger charge is 2.29. The molecule has 1 aliphatic heterocycles. The van der Waals surface area contributed by atoms with E-state index in [9.17, 15) is 8.42 Å². The number of hydrogen-bond donors (Lipinski definition) is 0. The van der Waals surface area contributed by atoms with E-state index in [2.05, 4.69) is 35.4 Å². The van der Waals surface area contributed by atoms with Gasteiger partial charge in [-0.3, -0.25) is 0 Å². The van der Waals surface area contributed by atoms with Gasteiger partial charge in [0.15, 0.2) is 0 Å². The minimum absolute atomic E-state index is 0.248. The molecule has 0 radical (unpaired) electrons. The lowest BCUT2D eigenvalue weighted by atomic mass is 10.0. The van der Waals surface area contributed by atoms with Gasteiger partial charge in [0.25, 0.3) is 0 Å². The molecule has 1 unspecified atom stereocenters. The summed E-state index contributed by atoms with van der Waals surface area (Å²) in [7, 11) is -3.55. The number of sulfonamides is 1. The predicted molar refractivity (Wildman–Crippen MR) is 111 cm³/mol. The van der Waals surface area contributed by atoms with Gasteiger partial charge in [0, 0.05) is 13.1 Å². The Morgan fingerprint density at radius 2 is 1.90 bits per heavy atom. The van der Waals surface area contributed by atoms with Crippen molar-refractivity contribution in [1.29, 1.82) is 0 Å². The molecule has 8 heteroatoms. The molecule has 0 aliphatic carbocycles. The molecule has 2 heterocycles. The Bertz CT molecular complexity index is 1120. The van der Waals surface area contributed by atoms with Crippen molar-refractivity contribution in [2.24, 2.45) is 5.92 Å². The summed E-state index contributed by atoms with van der Waals surface area (Å²) in [5.74, 6) is 0.371. The van der Waals surface area contributed by atoms with Crippen LogP contribution in [0.1, 0.15) is 36.5 Å². The van der Waals surface area contributed by atoms with Crippen LogP contribution in [0.3, 0.4) is 0 Å². The first-order chi connectivity index (χ1) is 13.8. The molecule has 1 aromatic heterocycles. The number of hydrogen-bond acceptors (Lipinski definition) is 5. The van der Waals surface area contributed by atoms with Gasteiger partial charge in [0.05, 0.1) is 4.90 Å². The van der Waals surface area contributed by atoms with E-state index in [0.717, 1.165) is 29.5 Å². The van der Waals surface area contributed by atoms with Crippen LogP contribution in [0.25, 0.3) is 11.0 Å². The van der Waals surface area contributed by atoms with Crippen LogP contribution in [0.15, 0.2) is 41.3 Å². The van der Waals surface area contributed by atoms with Crippen molar-refractivity contribution in [2.45, 2.75) is 45.1 Å². The van der Waals surface area contributed by atoms with Gasteiger partial charge in [-0.05, 0) is 61.6 Å². The standard InChI is InChI=1S/C21H26N4O3S/c1-15-5-4-8-24(13-15)29(26,27)19-6-7-20-21(12-19)25(23-22-20)28-14-18-10-16(2)9-17(3)11-18/h6-7,9-12,15H,4-5,8,13-14H2,1-3H3. The quantitative estimate of drug-likeness (QED) is 0.641. The van der Waals surface area contributed by atoms with E-state index in [1.807, 2.05) is 13.8 Å². The van der Waals surface area contributed by atoms with E-state index in [4.69, 9.17) is 4.84 Å². The molecule has 0 N–H and O–H groups in total. The fraction of sp³-hybridized carbons (Fsp3) is 0.429. The summed E-state index contributed by atoms with van der Waals surface area (Å²) in [6, 6.07) is 11.1. The minimum atomic E-state index is -3.55. The SMILES string of the molecule is Cc1cc(C)cc(COn2nnc3ccc(S(=O)(=O)N4CCCC(C)C4)cc32)c1. The lowest BCUT2D eigenvalue weighted by Gasteiger charge is -2.30. The van der Waals surface area contributed by atoms with Crippen LogP contribution < -0.4 is 4.84 Å². The molecule has 1 saturated heterocycles. The Morgan fingerprint density at radius 1 is 1.14 bits per heavy atom. The molecule has 29 heavy (non-hydrogen) atoms. The van der Waals surface area contributed by atoms with Crippen LogP contribution in [0.5, 0.6) is 0 Å². The van der Waals surface area contributed by atoms with Crippen molar-refractivity contribution in [3.8, 4) is 0 Å². The summed E-state index contributed by atoms with van der Waals surface area (Å²) in [5, 5.41) is 8.13. The van der Waals surface area contributed by atoms with Crippen LogP contribution in [0.4, 0.5) is 0 Å². The lowest BCUT2D eigenvalue weighted by Crippen LogP contribution is -2.39. The fourth-order valence-corrected chi connectivity index (χ4v) is 5.55. The highest BCUT2D eigenvalue weighted by molar-refractivity contribution is 7.89. The predicted octanol–water partition coefficient (Wildman–Crippen LogP) is 3.10. The third-order valence-electron chi connectivity index (χ3n) is 5.28. The highest BCUT2D eigenvalue weighted by Crippen LogP contribution is 2.25. The number of rotatable bonds is 5. The van der Waals surface area contributed by atoms with Crippen molar-refractivity contribution in [2.75, 3.05) is 13.1 Å². The molecule has 0 spiro atoms. The highest BCUT2D eigenvalue weighted by atomic mass is 32.2. The molecule has 0 saturated carbocycles. The summed E-state index contributed by atoms with van der Waals surface area (Å²) in [6.45, 7) is 7.61. The van der Waals surface area contributed by atoms with Crippen molar-refractivity contribution < 1.29 is 13.3 Å². The van der Waals surface area contributed by atoms with Crippen molar-refractivity contribution in [3.63, 3.8) is 0 Å². The summed E-state index contributed by atoms with van der Waals surface area (Å²) < 4.78 is 27.8. The average molecular weight is 415 g/mol. The van der Waals surface area contributed by atoms with Crippen LogP contribution in [-0.4, -0.2) is 41.0 Å². The van der Waals surface area contributed by atoms with E-state index in [-0.39, 0.29) is 4.90 Å². The van der Waals surface area contributed by atoms with Crippen molar-refractivity contribution in [3.05, 3.63) is 53.1 Å². The van der Waals surface area contributed by atoms with Gasteiger partial charge in [-0.25, -0.2) is 8.42 Å². The van der Waals surface area contributed by atoms with Gasteiger partial charge in [0.1, 0.15) is 17.6 Å². The maximum Gasteiger partial charge on any atom is 0.243 e. The Kier molecular flexibility index (Phi) is 5.31. The number of fused-ring (bicyclic) bond motifs is 1. The monoisotopic (exact) mass is 414 g/mol. The van der Waals surface area contributed by atoms with Gasteiger partial charge in [0.2, 0.25) is 10.0 Å². The first-order valence-corrected chi connectivity index (χ1v) is 11.3. The van der Waals surface area contributed by atoms with Crippen LogP contribution >= 0.6 is 0 Å². The van der Waals surface area contributed by atoms with E-state index < -0.39 is 10.0 Å². The third-order valence-corrected chi connectivity index (χ3v) is 7.14. The summed E-state index contributed by atoms with van der Waals surface area (Å²) in [6.07, 6.45) is 1.95. The topological polar surface area (TPSA) is 77.3 Å². The van der Waals surface area contributed by atoms with Gasteiger partial charge in [-0.1, -0.05) is 41.1 Å². The first-order valence-electron chi connectivity index (χ1n) is 9.89. The smallest absolute Gasteiger partial charge is 0.243 e. The number of piperidine rings is 1. The van der Waals surface area contributed by atoms with Crippen LogP contribution in [-0.2, 0) is 16.6 Å². The zero-order chi connectivity index (χ0) is 20.6. The minimum Gasteiger partial charge on any atom is -0.390 e. The van der Waals surface area contributed by atoms with Crippen molar-refractivity contribution in [1.82, 2.24) is 19.5 Å². The van der Waals surface area contributed by atoms with Crippen LogP contribution in [0.2, 0.25) is 0 Å². The second-order valence-corrected chi connectivity index (χ2v) is 9.93. The van der Waals surface area contributed by atoms with Gasteiger partial charge >= 0.3 is 0 Å². The van der Waals surface area contributed by atoms with Gasteiger partial charge in [-0.15, -0.1) is 5.10 Å². The van der Waals surface area contributed by atoms with E-state index >= 15 is 0 Å². The van der Waals surface area contributed by atoms with Gasteiger partial charge < -0.3 is 4.84 Å². The molecule has 3 aromatic rings.